The number of benzene rings is 1. The highest BCUT2D eigenvalue weighted by Gasteiger charge is 2.02. The third kappa shape index (κ3) is 2.36. The molecule has 0 heterocycles. The van der Waals surface area contributed by atoms with Gasteiger partial charge in [0.15, 0.2) is 0 Å². The van der Waals surface area contributed by atoms with Crippen LogP contribution in [0.1, 0.15) is 22.8 Å². The summed E-state index contributed by atoms with van der Waals surface area (Å²) in [4.78, 5) is 10.6. The average Bonchev–Trinajstić information content (AvgIpc) is 2.18. The maximum absolute atomic E-state index is 10.6. The number of carboxylic acid groups (broad SMARTS) is 1. The first-order valence-corrected chi connectivity index (χ1v) is 4.18. The lowest BCUT2D eigenvalue weighted by atomic mass is 10.1. The minimum atomic E-state index is -0.912. The van der Waals surface area contributed by atoms with Crippen molar-refractivity contribution in [1.82, 2.24) is 0 Å². The first kappa shape index (κ1) is 10.3. The van der Waals surface area contributed by atoms with Crippen molar-refractivity contribution in [3.8, 4) is 0 Å². The van der Waals surface area contributed by atoms with E-state index in [4.69, 9.17) is 9.84 Å². The summed E-state index contributed by atoms with van der Waals surface area (Å²) in [6, 6.07) is 6.66. The fraction of sp³-hybridized carbons (Fsp3) is 0.182. The largest absolute Gasteiger partial charge is 0.504 e. The van der Waals surface area contributed by atoms with Crippen molar-refractivity contribution in [3.05, 3.63) is 41.7 Å². The van der Waals surface area contributed by atoms with Crippen LogP contribution in [0.3, 0.4) is 0 Å². The molecule has 74 valence electrons. The van der Waals surface area contributed by atoms with Crippen LogP contribution in [0.25, 0.3) is 5.57 Å². The molecule has 0 atom stereocenters. The van der Waals surface area contributed by atoms with Gasteiger partial charge >= 0.3 is 5.97 Å². The number of ether oxygens (including phenoxy) is 1. The molecule has 0 aliphatic carbocycles. The van der Waals surface area contributed by atoms with Gasteiger partial charge in [-0.15, -0.1) is 0 Å². The molecule has 0 saturated heterocycles. The molecule has 0 aromatic heterocycles. The zero-order valence-electron chi connectivity index (χ0n) is 8.15. The predicted molar refractivity (Wildman–Crippen MR) is 54.1 cm³/mol. The van der Waals surface area contributed by atoms with Crippen LogP contribution in [-0.4, -0.2) is 18.2 Å². The van der Waals surface area contributed by atoms with E-state index in [1.165, 1.54) is 0 Å². The van der Waals surface area contributed by atoms with E-state index in [2.05, 4.69) is 0 Å². The Morgan fingerprint density at radius 1 is 1.29 bits per heavy atom. The molecule has 0 bridgehead atoms. The summed E-state index contributed by atoms with van der Waals surface area (Å²) in [5, 5.41) is 8.68. The maximum Gasteiger partial charge on any atom is 0.335 e. The number of carbonyl (C=O) groups is 1. The molecule has 1 N–H and O–H groups in total. The third-order valence-electron chi connectivity index (χ3n) is 1.88. The number of allylic oxidation sites excluding steroid dienone is 1. The van der Waals surface area contributed by atoms with E-state index < -0.39 is 5.97 Å². The molecule has 14 heavy (non-hydrogen) atoms. The average molecular weight is 192 g/mol. The van der Waals surface area contributed by atoms with Crippen LogP contribution in [-0.2, 0) is 4.74 Å². The van der Waals surface area contributed by atoms with Crippen LogP contribution in [0.15, 0.2) is 30.5 Å². The van der Waals surface area contributed by atoms with E-state index in [9.17, 15) is 4.79 Å². The molecule has 0 spiro atoms. The summed E-state index contributed by atoms with van der Waals surface area (Å²) in [5.41, 5.74) is 2.21. The predicted octanol–water partition coefficient (Wildman–Crippen LogP) is 2.39. The van der Waals surface area contributed by atoms with Crippen molar-refractivity contribution in [2.75, 3.05) is 7.11 Å². The lowest BCUT2D eigenvalue weighted by Crippen LogP contribution is -1.95. The second kappa shape index (κ2) is 4.46. The van der Waals surface area contributed by atoms with Crippen LogP contribution in [0, 0.1) is 0 Å². The van der Waals surface area contributed by atoms with E-state index >= 15 is 0 Å². The van der Waals surface area contributed by atoms with E-state index in [1.54, 1.807) is 37.6 Å². The summed E-state index contributed by atoms with van der Waals surface area (Å²) < 4.78 is 4.86. The Morgan fingerprint density at radius 3 is 2.21 bits per heavy atom. The summed E-state index contributed by atoms with van der Waals surface area (Å²) in [6.45, 7) is 1.90. The quantitative estimate of drug-likeness (QED) is 0.748. The van der Waals surface area contributed by atoms with Gasteiger partial charge in [0.1, 0.15) is 0 Å². The molecule has 0 aliphatic rings. The molecule has 1 aromatic carbocycles. The summed E-state index contributed by atoms with van der Waals surface area (Å²) in [7, 11) is 1.58. The van der Waals surface area contributed by atoms with Gasteiger partial charge in [-0.05, 0) is 30.2 Å². The zero-order chi connectivity index (χ0) is 10.6. The van der Waals surface area contributed by atoms with Gasteiger partial charge in [-0.2, -0.15) is 0 Å². The molecular formula is C11H12O3. The summed E-state index contributed by atoms with van der Waals surface area (Å²) in [5.74, 6) is -0.912. The van der Waals surface area contributed by atoms with E-state index in [0.717, 1.165) is 11.1 Å². The minimum absolute atomic E-state index is 0.291. The Labute approximate surface area is 82.6 Å². The molecular weight excluding hydrogens is 180 g/mol. The van der Waals surface area contributed by atoms with Crippen LogP contribution in [0.4, 0.5) is 0 Å². The molecule has 0 amide bonds. The molecule has 0 radical (unpaired) electrons. The fourth-order valence-electron chi connectivity index (χ4n) is 1.12. The van der Waals surface area contributed by atoms with Gasteiger partial charge in [0.05, 0.1) is 18.9 Å². The Hall–Kier alpha value is -1.77. The SMILES string of the molecule is CO/C=C(\C)c1ccc(C(=O)O)cc1. The summed E-state index contributed by atoms with van der Waals surface area (Å²) in [6.07, 6.45) is 1.62. The van der Waals surface area contributed by atoms with Crippen LogP contribution in [0.5, 0.6) is 0 Å². The fourth-order valence-corrected chi connectivity index (χ4v) is 1.12. The second-order valence-electron chi connectivity index (χ2n) is 2.92. The topological polar surface area (TPSA) is 46.5 Å². The van der Waals surface area contributed by atoms with Gasteiger partial charge in [0.25, 0.3) is 0 Å². The lowest BCUT2D eigenvalue weighted by molar-refractivity contribution is 0.0697. The van der Waals surface area contributed by atoms with Crippen molar-refractivity contribution in [3.63, 3.8) is 0 Å². The van der Waals surface area contributed by atoms with Gasteiger partial charge in [-0.3, -0.25) is 0 Å². The molecule has 3 nitrogen and oxygen atoms in total. The number of rotatable bonds is 3. The second-order valence-corrected chi connectivity index (χ2v) is 2.92. The lowest BCUT2D eigenvalue weighted by Gasteiger charge is -2.01. The van der Waals surface area contributed by atoms with Gasteiger partial charge < -0.3 is 9.84 Å². The van der Waals surface area contributed by atoms with E-state index in [0.29, 0.717) is 5.56 Å². The molecule has 0 fully saturated rings. The normalized spacial score (nSPS) is 11.1. The number of hydrogen-bond acceptors (Lipinski definition) is 2. The zero-order valence-corrected chi connectivity index (χ0v) is 8.15. The number of aromatic carboxylic acids is 1. The van der Waals surface area contributed by atoms with Crippen molar-refractivity contribution < 1.29 is 14.6 Å². The number of hydrogen-bond donors (Lipinski definition) is 1. The van der Waals surface area contributed by atoms with E-state index in [-0.39, 0.29) is 0 Å². The van der Waals surface area contributed by atoms with Gasteiger partial charge in [-0.1, -0.05) is 12.1 Å². The smallest absolute Gasteiger partial charge is 0.335 e. The number of methoxy groups -OCH3 is 1. The monoisotopic (exact) mass is 192 g/mol. The van der Waals surface area contributed by atoms with E-state index in [1.807, 2.05) is 6.92 Å². The first-order valence-electron chi connectivity index (χ1n) is 4.18. The van der Waals surface area contributed by atoms with Crippen LogP contribution >= 0.6 is 0 Å². The molecule has 1 rings (SSSR count). The summed E-state index contributed by atoms with van der Waals surface area (Å²) >= 11 is 0. The Bertz CT molecular complexity index is 349. The standard InChI is InChI=1S/C11H12O3/c1-8(7-14-2)9-3-5-10(6-4-9)11(12)13/h3-7H,1-2H3,(H,12,13)/b8-7+. The van der Waals surface area contributed by atoms with Crippen molar-refractivity contribution in [1.29, 1.82) is 0 Å². The van der Waals surface area contributed by atoms with Gasteiger partial charge in [0, 0.05) is 0 Å². The molecule has 0 unspecified atom stereocenters. The highest BCUT2D eigenvalue weighted by Crippen LogP contribution is 2.14. The third-order valence-corrected chi connectivity index (χ3v) is 1.88. The Balaban J connectivity index is 2.94. The van der Waals surface area contributed by atoms with Gasteiger partial charge in [0.2, 0.25) is 0 Å². The maximum atomic E-state index is 10.6. The highest BCUT2D eigenvalue weighted by atomic mass is 16.5. The minimum Gasteiger partial charge on any atom is -0.504 e. The first-order chi connectivity index (χ1) is 6.65. The molecule has 0 aliphatic heterocycles. The van der Waals surface area contributed by atoms with Gasteiger partial charge in [-0.25, -0.2) is 4.79 Å². The van der Waals surface area contributed by atoms with Crippen LogP contribution < -0.4 is 0 Å². The number of carboxylic acids is 1. The Kier molecular flexibility index (Phi) is 3.29. The molecule has 0 saturated carbocycles. The molecule has 1 aromatic rings. The van der Waals surface area contributed by atoms with Crippen LogP contribution in [0.2, 0.25) is 0 Å². The highest BCUT2D eigenvalue weighted by molar-refractivity contribution is 5.88. The van der Waals surface area contributed by atoms with Crippen molar-refractivity contribution in [2.24, 2.45) is 0 Å². The molecule has 3 heteroatoms. The van der Waals surface area contributed by atoms with Crippen molar-refractivity contribution in [2.45, 2.75) is 6.92 Å². The van der Waals surface area contributed by atoms with Crippen molar-refractivity contribution >= 4 is 11.5 Å². The Morgan fingerprint density at radius 2 is 1.79 bits per heavy atom.